The van der Waals surface area contributed by atoms with Crippen LogP contribution in [0, 0.1) is 0 Å². The lowest BCUT2D eigenvalue weighted by Gasteiger charge is -2.31. The van der Waals surface area contributed by atoms with Gasteiger partial charge in [0.05, 0.1) is 20.8 Å². The minimum absolute atomic E-state index is 0.118. The van der Waals surface area contributed by atoms with E-state index in [1.807, 2.05) is 0 Å². The van der Waals surface area contributed by atoms with Crippen molar-refractivity contribution in [2.45, 2.75) is 44.0 Å². The molecule has 1 atom stereocenters. The highest BCUT2D eigenvalue weighted by molar-refractivity contribution is 5.99. The number of benzene rings is 1. The highest BCUT2D eigenvalue weighted by Gasteiger charge is 2.42. The Bertz CT molecular complexity index is 561. The van der Waals surface area contributed by atoms with Gasteiger partial charge in [0.2, 0.25) is 0 Å². The van der Waals surface area contributed by atoms with E-state index in [2.05, 4.69) is 5.32 Å². The molecule has 1 aliphatic carbocycles. The molecule has 0 bridgehead atoms. The summed E-state index contributed by atoms with van der Waals surface area (Å²) in [5.74, 6) is 0.311. The van der Waals surface area contributed by atoms with Crippen LogP contribution in [0.4, 0.5) is 0 Å². The number of methoxy groups -OCH3 is 2. The number of rotatable bonds is 5. The van der Waals surface area contributed by atoms with E-state index in [0.717, 1.165) is 25.7 Å². The van der Waals surface area contributed by atoms with Crippen molar-refractivity contribution in [3.63, 3.8) is 0 Å². The summed E-state index contributed by atoms with van der Waals surface area (Å²) in [6, 6.07) is 5.27. The van der Waals surface area contributed by atoms with Crippen LogP contribution in [0.5, 0.6) is 11.5 Å². The fraction of sp³-hybridized carbons (Fsp3) is 0.611. The molecule has 6 heteroatoms. The number of ether oxygens (including phenoxy) is 4. The van der Waals surface area contributed by atoms with Crippen molar-refractivity contribution in [3.05, 3.63) is 23.8 Å². The average Bonchev–Trinajstić information content (AvgIpc) is 3.01. The molecule has 3 rings (SSSR count). The molecular weight excluding hydrogens is 310 g/mol. The highest BCUT2D eigenvalue weighted by Crippen LogP contribution is 2.37. The van der Waals surface area contributed by atoms with Crippen molar-refractivity contribution < 1.29 is 23.7 Å². The molecule has 1 aliphatic heterocycles. The standard InChI is InChI=1S/C18H25NO5/c1-21-14-7-6-8-15(22-2)16(14)17(20)19-11-13-12-23-18(24-13)9-4-3-5-10-18/h6-8,13H,3-5,9-12H2,1-2H3,(H,19,20). The second-order valence-electron chi connectivity index (χ2n) is 6.27. The highest BCUT2D eigenvalue weighted by atomic mass is 16.7. The quantitative estimate of drug-likeness (QED) is 0.896. The number of carbonyl (C=O) groups is 1. The van der Waals surface area contributed by atoms with E-state index in [-0.39, 0.29) is 12.0 Å². The second kappa shape index (κ2) is 7.40. The molecule has 1 aromatic carbocycles. The number of hydrogen-bond acceptors (Lipinski definition) is 5. The third-order valence-electron chi connectivity index (χ3n) is 4.67. The summed E-state index contributed by atoms with van der Waals surface area (Å²) in [5.41, 5.74) is 0.397. The van der Waals surface area contributed by atoms with Crippen LogP contribution < -0.4 is 14.8 Å². The Kier molecular flexibility index (Phi) is 5.26. The fourth-order valence-electron chi connectivity index (χ4n) is 3.44. The van der Waals surface area contributed by atoms with Gasteiger partial charge in [0, 0.05) is 19.4 Å². The van der Waals surface area contributed by atoms with Crippen molar-refractivity contribution in [1.29, 1.82) is 0 Å². The molecule has 1 spiro atoms. The lowest BCUT2D eigenvalue weighted by molar-refractivity contribution is -0.186. The molecule has 1 aromatic rings. The summed E-state index contributed by atoms with van der Waals surface area (Å²) < 4.78 is 22.5. The van der Waals surface area contributed by atoms with Crippen LogP contribution in [0.3, 0.4) is 0 Å². The van der Waals surface area contributed by atoms with Gasteiger partial charge in [-0.1, -0.05) is 12.5 Å². The third kappa shape index (κ3) is 3.49. The SMILES string of the molecule is COc1cccc(OC)c1C(=O)NCC1COC2(CCCCC2)O1. The molecule has 1 saturated heterocycles. The normalized spacial score (nSPS) is 22.3. The first-order valence-corrected chi connectivity index (χ1v) is 8.48. The molecule has 1 heterocycles. The summed E-state index contributed by atoms with van der Waals surface area (Å²) >= 11 is 0. The Balaban J connectivity index is 1.60. The van der Waals surface area contributed by atoms with Gasteiger partial charge in [0.15, 0.2) is 5.79 Å². The molecule has 1 saturated carbocycles. The fourth-order valence-corrected chi connectivity index (χ4v) is 3.44. The predicted octanol–water partition coefficient (Wildman–Crippen LogP) is 2.51. The van der Waals surface area contributed by atoms with Gasteiger partial charge in [-0.2, -0.15) is 0 Å². The largest absolute Gasteiger partial charge is 0.496 e. The van der Waals surface area contributed by atoms with Crippen molar-refractivity contribution in [2.75, 3.05) is 27.4 Å². The second-order valence-corrected chi connectivity index (χ2v) is 6.27. The lowest BCUT2D eigenvalue weighted by atomic mass is 9.94. The molecular formula is C18H25NO5. The Morgan fingerprint density at radius 1 is 1.21 bits per heavy atom. The van der Waals surface area contributed by atoms with Crippen molar-refractivity contribution >= 4 is 5.91 Å². The van der Waals surface area contributed by atoms with E-state index in [1.54, 1.807) is 18.2 Å². The van der Waals surface area contributed by atoms with Crippen LogP contribution in [0.2, 0.25) is 0 Å². The van der Waals surface area contributed by atoms with Gasteiger partial charge >= 0.3 is 0 Å². The molecule has 24 heavy (non-hydrogen) atoms. The molecule has 2 aliphatic rings. The van der Waals surface area contributed by atoms with E-state index < -0.39 is 5.79 Å². The molecule has 1 N–H and O–H groups in total. The van der Waals surface area contributed by atoms with Gasteiger partial charge in [-0.25, -0.2) is 0 Å². The number of hydrogen-bond donors (Lipinski definition) is 1. The smallest absolute Gasteiger partial charge is 0.258 e. The van der Waals surface area contributed by atoms with Gasteiger partial charge in [-0.05, 0) is 25.0 Å². The van der Waals surface area contributed by atoms with Crippen LogP contribution in [-0.4, -0.2) is 45.2 Å². The molecule has 2 fully saturated rings. The van der Waals surface area contributed by atoms with Gasteiger partial charge in [-0.3, -0.25) is 4.79 Å². The van der Waals surface area contributed by atoms with Crippen LogP contribution in [0.1, 0.15) is 42.5 Å². The average molecular weight is 335 g/mol. The van der Waals surface area contributed by atoms with Gasteiger partial charge in [0.1, 0.15) is 23.2 Å². The molecule has 1 amide bonds. The Hall–Kier alpha value is -1.79. The van der Waals surface area contributed by atoms with Crippen molar-refractivity contribution in [3.8, 4) is 11.5 Å². The summed E-state index contributed by atoms with van der Waals surface area (Å²) in [6.45, 7) is 0.922. The Labute approximate surface area is 142 Å². The maximum absolute atomic E-state index is 12.6. The summed E-state index contributed by atoms with van der Waals surface area (Å²) in [4.78, 5) is 12.6. The van der Waals surface area contributed by atoms with Crippen molar-refractivity contribution in [1.82, 2.24) is 5.32 Å². The van der Waals surface area contributed by atoms with E-state index in [1.165, 1.54) is 20.6 Å². The van der Waals surface area contributed by atoms with Crippen LogP contribution in [-0.2, 0) is 9.47 Å². The number of carbonyl (C=O) groups excluding carboxylic acids is 1. The molecule has 6 nitrogen and oxygen atoms in total. The van der Waals surface area contributed by atoms with Gasteiger partial charge in [-0.15, -0.1) is 0 Å². The van der Waals surface area contributed by atoms with Crippen LogP contribution in [0.15, 0.2) is 18.2 Å². The summed E-state index contributed by atoms with van der Waals surface area (Å²) in [6.07, 6.45) is 5.28. The van der Waals surface area contributed by atoms with Crippen LogP contribution >= 0.6 is 0 Å². The van der Waals surface area contributed by atoms with E-state index in [9.17, 15) is 4.79 Å². The minimum atomic E-state index is -0.421. The maximum atomic E-state index is 12.6. The summed E-state index contributed by atoms with van der Waals surface area (Å²) in [7, 11) is 3.07. The Morgan fingerprint density at radius 3 is 2.50 bits per heavy atom. The van der Waals surface area contributed by atoms with Crippen molar-refractivity contribution in [2.24, 2.45) is 0 Å². The van der Waals surface area contributed by atoms with E-state index in [4.69, 9.17) is 18.9 Å². The first-order valence-electron chi connectivity index (χ1n) is 8.48. The van der Waals surface area contributed by atoms with E-state index >= 15 is 0 Å². The van der Waals surface area contributed by atoms with E-state index in [0.29, 0.717) is 30.2 Å². The zero-order chi connectivity index (χ0) is 17.0. The first kappa shape index (κ1) is 17.0. The van der Waals surface area contributed by atoms with Gasteiger partial charge in [0.25, 0.3) is 5.91 Å². The minimum Gasteiger partial charge on any atom is -0.496 e. The maximum Gasteiger partial charge on any atom is 0.258 e. The molecule has 0 aromatic heterocycles. The van der Waals surface area contributed by atoms with Crippen LogP contribution in [0.25, 0.3) is 0 Å². The zero-order valence-corrected chi connectivity index (χ0v) is 14.3. The topological polar surface area (TPSA) is 66.0 Å². The predicted molar refractivity (Wildman–Crippen MR) is 88.5 cm³/mol. The first-order chi connectivity index (χ1) is 11.7. The monoisotopic (exact) mass is 335 g/mol. The summed E-state index contributed by atoms with van der Waals surface area (Å²) in [5, 5.41) is 2.91. The zero-order valence-electron chi connectivity index (χ0n) is 14.3. The molecule has 1 unspecified atom stereocenters. The molecule has 132 valence electrons. The number of nitrogens with one attached hydrogen (secondary N) is 1. The third-order valence-corrected chi connectivity index (χ3v) is 4.67. The lowest BCUT2D eigenvalue weighted by Crippen LogP contribution is -2.37. The van der Waals surface area contributed by atoms with Gasteiger partial charge < -0.3 is 24.3 Å². The Morgan fingerprint density at radius 2 is 1.88 bits per heavy atom. The molecule has 0 radical (unpaired) electrons. The number of amides is 1.